The van der Waals surface area contributed by atoms with Crippen molar-refractivity contribution in [2.75, 3.05) is 25.0 Å². The summed E-state index contributed by atoms with van der Waals surface area (Å²) in [5.41, 5.74) is 0.383. The average Bonchev–Trinajstić information content (AvgIpc) is 2.29. The van der Waals surface area contributed by atoms with Crippen LogP contribution in [0.15, 0.2) is 12.3 Å². The normalized spacial score (nSPS) is 9.60. The van der Waals surface area contributed by atoms with E-state index in [1.165, 1.54) is 0 Å². The first-order valence-corrected chi connectivity index (χ1v) is 5.04. The molecular formula is C10H15N5. The number of aromatic nitrogens is 2. The van der Waals surface area contributed by atoms with Crippen LogP contribution < -0.4 is 10.6 Å². The molecule has 1 rings (SSSR count). The van der Waals surface area contributed by atoms with Gasteiger partial charge in [-0.2, -0.15) is 5.26 Å². The highest BCUT2D eigenvalue weighted by Gasteiger charge is 1.96. The highest BCUT2D eigenvalue weighted by molar-refractivity contribution is 5.29. The third kappa shape index (κ3) is 4.38. The highest BCUT2D eigenvalue weighted by atomic mass is 15.1. The third-order valence-corrected chi connectivity index (χ3v) is 1.78. The van der Waals surface area contributed by atoms with Crippen molar-refractivity contribution >= 4 is 5.95 Å². The Morgan fingerprint density at radius 3 is 3.00 bits per heavy atom. The van der Waals surface area contributed by atoms with Crippen LogP contribution >= 0.6 is 0 Å². The van der Waals surface area contributed by atoms with Crippen molar-refractivity contribution in [3.63, 3.8) is 0 Å². The summed E-state index contributed by atoms with van der Waals surface area (Å²) >= 11 is 0. The molecule has 5 heteroatoms. The molecule has 0 aliphatic carbocycles. The summed E-state index contributed by atoms with van der Waals surface area (Å²) in [7, 11) is 0. The molecule has 15 heavy (non-hydrogen) atoms. The predicted molar refractivity (Wildman–Crippen MR) is 58.4 cm³/mol. The van der Waals surface area contributed by atoms with Crippen LogP contribution in [0.4, 0.5) is 5.95 Å². The molecule has 0 aliphatic rings. The van der Waals surface area contributed by atoms with Gasteiger partial charge in [0.1, 0.15) is 11.8 Å². The van der Waals surface area contributed by atoms with Crippen molar-refractivity contribution in [3.05, 3.63) is 18.0 Å². The van der Waals surface area contributed by atoms with Gasteiger partial charge < -0.3 is 10.6 Å². The van der Waals surface area contributed by atoms with Crippen molar-refractivity contribution in [2.45, 2.75) is 13.3 Å². The Labute approximate surface area is 89.6 Å². The van der Waals surface area contributed by atoms with E-state index in [4.69, 9.17) is 5.26 Å². The Morgan fingerprint density at radius 1 is 1.40 bits per heavy atom. The molecule has 2 N–H and O–H groups in total. The monoisotopic (exact) mass is 205 g/mol. The van der Waals surface area contributed by atoms with Crippen LogP contribution in [0.2, 0.25) is 0 Å². The molecule has 0 saturated heterocycles. The van der Waals surface area contributed by atoms with Gasteiger partial charge in [0.25, 0.3) is 0 Å². The maximum absolute atomic E-state index is 8.62. The lowest BCUT2D eigenvalue weighted by atomic mass is 10.4. The Balaban J connectivity index is 2.28. The molecule has 1 aromatic heterocycles. The second-order valence-electron chi connectivity index (χ2n) is 3.05. The summed E-state index contributed by atoms with van der Waals surface area (Å²) in [6.45, 7) is 4.77. The topological polar surface area (TPSA) is 73.6 Å². The summed E-state index contributed by atoms with van der Waals surface area (Å²) in [5, 5.41) is 14.9. The smallest absolute Gasteiger partial charge is 0.223 e. The fourth-order valence-corrected chi connectivity index (χ4v) is 1.07. The van der Waals surface area contributed by atoms with Gasteiger partial charge in [-0.05, 0) is 19.0 Å². The number of anilines is 1. The highest BCUT2D eigenvalue weighted by Crippen LogP contribution is 1.97. The van der Waals surface area contributed by atoms with Gasteiger partial charge in [-0.1, -0.05) is 6.92 Å². The molecular weight excluding hydrogens is 190 g/mol. The fraction of sp³-hybridized carbons (Fsp3) is 0.500. The van der Waals surface area contributed by atoms with Crippen LogP contribution in [-0.2, 0) is 0 Å². The summed E-state index contributed by atoms with van der Waals surface area (Å²) in [4.78, 5) is 8.00. The zero-order chi connectivity index (χ0) is 10.9. The minimum absolute atomic E-state index is 0.383. The minimum Gasteiger partial charge on any atom is -0.353 e. The fourth-order valence-electron chi connectivity index (χ4n) is 1.07. The van der Waals surface area contributed by atoms with E-state index in [2.05, 4.69) is 27.5 Å². The third-order valence-electron chi connectivity index (χ3n) is 1.78. The van der Waals surface area contributed by atoms with Gasteiger partial charge in [-0.25, -0.2) is 9.97 Å². The number of hydrogen-bond acceptors (Lipinski definition) is 5. The van der Waals surface area contributed by atoms with Gasteiger partial charge in [0.15, 0.2) is 0 Å². The summed E-state index contributed by atoms with van der Waals surface area (Å²) in [6, 6.07) is 3.56. The largest absolute Gasteiger partial charge is 0.353 e. The van der Waals surface area contributed by atoms with Crippen molar-refractivity contribution < 1.29 is 0 Å². The Morgan fingerprint density at radius 2 is 2.27 bits per heavy atom. The number of hydrogen-bond donors (Lipinski definition) is 2. The first kappa shape index (κ1) is 11.4. The zero-order valence-corrected chi connectivity index (χ0v) is 8.82. The summed E-state index contributed by atoms with van der Waals surface area (Å²) in [5.74, 6) is 0.507. The van der Waals surface area contributed by atoms with Gasteiger partial charge in [-0.3, -0.25) is 0 Å². The van der Waals surface area contributed by atoms with Crippen LogP contribution in [0.1, 0.15) is 19.0 Å². The first-order chi connectivity index (χ1) is 7.36. The molecule has 1 heterocycles. The van der Waals surface area contributed by atoms with Crippen LogP contribution in [0.25, 0.3) is 0 Å². The van der Waals surface area contributed by atoms with Crippen LogP contribution in [0.3, 0.4) is 0 Å². The molecule has 0 amide bonds. The lowest BCUT2D eigenvalue weighted by molar-refractivity contribution is 0.686. The number of nitrogens with zero attached hydrogens (tertiary/aromatic N) is 3. The number of nitrogens with one attached hydrogen (secondary N) is 2. The van der Waals surface area contributed by atoms with Gasteiger partial charge in [0.2, 0.25) is 5.95 Å². The number of rotatable bonds is 6. The van der Waals surface area contributed by atoms with E-state index in [9.17, 15) is 0 Å². The average molecular weight is 205 g/mol. The summed E-state index contributed by atoms with van der Waals surface area (Å²) < 4.78 is 0. The van der Waals surface area contributed by atoms with E-state index >= 15 is 0 Å². The lowest BCUT2D eigenvalue weighted by Gasteiger charge is -2.05. The van der Waals surface area contributed by atoms with E-state index in [0.717, 1.165) is 26.1 Å². The van der Waals surface area contributed by atoms with Gasteiger partial charge in [-0.15, -0.1) is 0 Å². The Hall–Kier alpha value is -1.67. The second-order valence-corrected chi connectivity index (χ2v) is 3.05. The van der Waals surface area contributed by atoms with Crippen molar-refractivity contribution in [1.29, 1.82) is 5.26 Å². The first-order valence-electron chi connectivity index (χ1n) is 5.04. The molecule has 5 nitrogen and oxygen atoms in total. The Kier molecular flexibility index (Phi) is 5.12. The second kappa shape index (κ2) is 6.74. The minimum atomic E-state index is 0.383. The molecule has 0 radical (unpaired) electrons. The molecule has 0 fully saturated rings. The van der Waals surface area contributed by atoms with Crippen LogP contribution in [-0.4, -0.2) is 29.6 Å². The van der Waals surface area contributed by atoms with Gasteiger partial charge in [0, 0.05) is 19.3 Å². The maximum atomic E-state index is 8.62. The molecule has 0 atom stereocenters. The maximum Gasteiger partial charge on any atom is 0.223 e. The number of nitriles is 1. The van der Waals surface area contributed by atoms with Gasteiger partial charge in [0.05, 0.1) is 0 Å². The molecule has 0 unspecified atom stereocenters. The Bertz CT molecular complexity index is 331. The quantitative estimate of drug-likeness (QED) is 0.671. The molecule has 0 aromatic carbocycles. The molecule has 1 aromatic rings. The molecule has 0 aliphatic heterocycles. The SMILES string of the molecule is CCCNCCNc1nccc(C#N)n1. The molecule has 0 saturated carbocycles. The van der Waals surface area contributed by atoms with Crippen molar-refractivity contribution in [3.8, 4) is 6.07 Å². The lowest BCUT2D eigenvalue weighted by Crippen LogP contribution is -2.23. The molecule has 80 valence electrons. The summed E-state index contributed by atoms with van der Waals surface area (Å²) in [6.07, 6.45) is 2.70. The van der Waals surface area contributed by atoms with E-state index in [1.54, 1.807) is 12.3 Å². The van der Waals surface area contributed by atoms with Crippen LogP contribution in [0.5, 0.6) is 0 Å². The van der Waals surface area contributed by atoms with E-state index in [-0.39, 0.29) is 0 Å². The van der Waals surface area contributed by atoms with Gasteiger partial charge >= 0.3 is 0 Å². The van der Waals surface area contributed by atoms with E-state index < -0.39 is 0 Å². The standard InChI is InChI=1S/C10H15N5/c1-2-4-12-6-7-14-10-13-5-3-9(8-11)15-10/h3,5,12H,2,4,6-7H2,1H3,(H,13,14,15). The zero-order valence-electron chi connectivity index (χ0n) is 8.82. The molecule has 0 bridgehead atoms. The van der Waals surface area contributed by atoms with Crippen LogP contribution in [0, 0.1) is 11.3 Å². The van der Waals surface area contributed by atoms with Crippen molar-refractivity contribution in [1.82, 2.24) is 15.3 Å². The van der Waals surface area contributed by atoms with E-state index in [1.807, 2.05) is 6.07 Å². The van der Waals surface area contributed by atoms with E-state index in [0.29, 0.717) is 11.6 Å². The molecule has 0 spiro atoms. The predicted octanol–water partition coefficient (Wildman–Crippen LogP) is 0.760. The van der Waals surface area contributed by atoms with Crippen molar-refractivity contribution in [2.24, 2.45) is 0 Å².